The van der Waals surface area contributed by atoms with Crippen LogP contribution in [0.5, 0.6) is 0 Å². The van der Waals surface area contributed by atoms with Crippen LogP contribution in [0.2, 0.25) is 0 Å². The summed E-state index contributed by atoms with van der Waals surface area (Å²) in [6.45, 7) is 10.8. The Morgan fingerprint density at radius 1 is 1.27 bits per heavy atom. The van der Waals surface area contributed by atoms with E-state index in [0.717, 1.165) is 26.2 Å². The molecule has 2 saturated heterocycles. The topological polar surface area (TPSA) is 65.5 Å². The van der Waals surface area contributed by atoms with E-state index in [4.69, 9.17) is 9.47 Å². The van der Waals surface area contributed by atoms with Crippen molar-refractivity contribution in [1.82, 2.24) is 14.7 Å². The van der Waals surface area contributed by atoms with Crippen LogP contribution in [-0.4, -0.2) is 110 Å². The van der Waals surface area contributed by atoms with Crippen molar-refractivity contribution in [2.75, 3.05) is 72.2 Å². The standard InChI is InChI=1S/C22H34FN3O4/c1-22(2,17-27)26-10-13-30-20(16-26)15-25(7-6-24-8-11-29-12-9-24)21(28)18-4-3-5-19(23)14-18/h3-5,14,20,27H,6-13,15-17H2,1-2H3. The van der Waals surface area contributed by atoms with Gasteiger partial charge in [0.25, 0.3) is 5.91 Å². The van der Waals surface area contributed by atoms with Gasteiger partial charge >= 0.3 is 0 Å². The molecule has 1 amide bonds. The number of halogens is 1. The number of aliphatic hydroxyl groups is 1. The van der Waals surface area contributed by atoms with Crippen LogP contribution < -0.4 is 0 Å². The number of hydrogen-bond acceptors (Lipinski definition) is 6. The van der Waals surface area contributed by atoms with Gasteiger partial charge in [0, 0.05) is 56.9 Å². The Morgan fingerprint density at radius 2 is 2.03 bits per heavy atom. The van der Waals surface area contributed by atoms with E-state index in [1.165, 1.54) is 12.1 Å². The summed E-state index contributed by atoms with van der Waals surface area (Å²) in [6, 6.07) is 5.84. The second-order valence-electron chi connectivity index (χ2n) is 8.62. The average Bonchev–Trinajstić information content (AvgIpc) is 2.77. The molecular formula is C22H34FN3O4. The predicted octanol–water partition coefficient (Wildman–Crippen LogP) is 1.07. The van der Waals surface area contributed by atoms with Crippen molar-refractivity contribution in [2.24, 2.45) is 0 Å². The van der Waals surface area contributed by atoms with Crippen molar-refractivity contribution in [3.8, 4) is 0 Å². The Labute approximate surface area is 178 Å². The molecule has 168 valence electrons. The fourth-order valence-electron chi connectivity index (χ4n) is 3.89. The van der Waals surface area contributed by atoms with Gasteiger partial charge in [-0.2, -0.15) is 0 Å². The Bertz CT molecular complexity index is 697. The molecule has 0 bridgehead atoms. The third-order valence-electron chi connectivity index (χ3n) is 5.95. The smallest absolute Gasteiger partial charge is 0.254 e. The van der Waals surface area contributed by atoms with Crippen LogP contribution in [-0.2, 0) is 9.47 Å². The molecular weight excluding hydrogens is 389 g/mol. The van der Waals surface area contributed by atoms with Crippen LogP contribution in [0.1, 0.15) is 24.2 Å². The molecule has 0 saturated carbocycles. The number of carbonyl (C=O) groups is 1. The maximum absolute atomic E-state index is 13.7. The highest BCUT2D eigenvalue weighted by Gasteiger charge is 2.33. The molecule has 1 aromatic carbocycles. The highest BCUT2D eigenvalue weighted by molar-refractivity contribution is 5.94. The van der Waals surface area contributed by atoms with Crippen molar-refractivity contribution in [3.63, 3.8) is 0 Å². The molecule has 30 heavy (non-hydrogen) atoms. The van der Waals surface area contributed by atoms with Crippen molar-refractivity contribution >= 4 is 5.91 Å². The summed E-state index contributed by atoms with van der Waals surface area (Å²) < 4.78 is 25.1. The lowest BCUT2D eigenvalue weighted by Gasteiger charge is -2.43. The van der Waals surface area contributed by atoms with Gasteiger partial charge in [-0.25, -0.2) is 4.39 Å². The number of carbonyl (C=O) groups excluding carboxylic acids is 1. The number of benzene rings is 1. The van der Waals surface area contributed by atoms with Gasteiger partial charge in [0.05, 0.1) is 32.5 Å². The maximum atomic E-state index is 13.7. The van der Waals surface area contributed by atoms with Crippen LogP contribution in [0.25, 0.3) is 0 Å². The third-order valence-corrected chi connectivity index (χ3v) is 5.95. The Morgan fingerprint density at radius 3 is 2.73 bits per heavy atom. The Hall–Kier alpha value is -1.58. The minimum Gasteiger partial charge on any atom is -0.394 e. The molecule has 1 unspecified atom stereocenters. The molecule has 0 spiro atoms. The number of rotatable bonds is 8. The molecule has 2 fully saturated rings. The van der Waals surface area contributed by atoms with Gasteiger partial charge in [-0.3, -0.25) is 14.6 Å². The molecule has 3 rings (SSSR count). The number of ether oxygens (including phenoxy) is 2. The van der Waals surface area contributed by atoms with Gasteiger partial charge in [0.2, 0.25) is 0 Å². The molecule has 1 N–H and O–H groups in total. The van der Waals surface area contributed by atoms with E-state index >= 15 is 0 Å². The van der Waals surface area contributed by atoms with Crippen LogP contribution in [0.4, 0.5) is 4.39 Å². The van der Waals surface area contributed by atoms with Crippen molar-refractivity contribution < 1.29 is 23.8 Å². The van der Waals surface area contributed by atoms with Crippen molar-refractivity contribution in [2.45, 2.75) is 25.5 Å². The van der Waals surface area contributed by atoms with Gasteiger partial charge in [0.1, 0.15) is 5.82 Å². The van der Waals surface area contributed by atoms with E-state index < -0.39 is 5.82 Å². The summed E-state index contributed by atoms with van der Waals surface area (Å²) in [6.07, 6.45) is -0.160. The second-order valence-corrected chi connectivity index (χ2v) is 8.62. The number of nitrogens with zero attached hydrogens (tertiary/aromatic N) is 3. The van der Waals surface area contributed by atoms with Gasteiger partial charge in [-0.15, -0.1) is 0 Å². The lowest BCUT2D eigenvalue weighted by atomic mass is 10.0. The molecule has 2 aliphatic heterocycles. The molecule has 1 atom stereocenters. The van der Waals surface area contributed by atoms with Gasteiger partial charge in [0.15, 0.2) is 0 Å². The maximum Gasteiger partial charge on any atom is 0.254 e. The van der Waals surface area contributed by atoms with E-state index in [1.54, 1.807) is 17.0 Å². The van der Waals surface area contributed by atoms with Gasteiger partial charge in [-0.05, 0) is 32.0 Å². The van der Waals surface area contributed by atoms with E-state index in [9.17, 15) is 14.3 Å². The lowest BCUT2D eigenvalue weighted by molar-refractivity contribution is -0.0802. The van der Waals surface area contributed by atoms with Crippen LogP contribution in [0, 0.1) is 5.82 Å². The Balaban J connectivity index is 1.68. The zero-order valence-corrected chi connectivity index (χ0v) is 18.1. The van der Waals surface area contributed by atoms with Crippen LogP contribution in [0.3, 0.4) is 0 Å². The monoisotopic (exact) mass is 423 g/mol. The first-order valence-electron chi connectivity index (χ1n) is 10.7. The van der Waals surface area contributed by atoms with E-state index in [-0.39, 0.29) is 24.2 Å². The van der Waals surface area contributed by atoms with Crippen molar-refractivity contribution in [3.05, 3.63) is 35.6 Å². The third kappa shape index (κ3) is 6.21. The average molecular weight is 424 g/mol. The summed E-state index contributed by atoms with van der Waals surface area (Å²) >= 11 is 0. The largest absolute Gasteiger partial charge is 0.394 e. The van der Waals surface area contributed by atoms with Gasteiger partial charge < -0.3 is 19.5 Å². The summed E-state index contributed by atoms with van der Waals surface area (Å²) in [5.41, 5.74) is 0.00748. The first-order valence-corrected chi connectivity index (χ1v) is 10.7. The molecule has 2 heterocycles. The SMILES string of the molecule is CC(C)(CO)N1CCOC(CN(CCN2CCOCC2)C(=O)c2cccc(F)c2)C1. The molecule has 0 radical (unpaired) electrons. The fourth-order valence-corrected chi connectivity index (χ4v) is 3.89. The van der Waals surface area contributed by atoms with Crippen molar-refractivity contribution in [1.29, 1.82) is 0 Å². The van der Waals surface area contributed by atoms with E-state index in [0.29, 0.717) is 45.0 Å². The summed E-state index contributed by atoms with van der Waals surface area (Å²) in [5, 5.41) is 9.71. The number of morpholine rings is 2. The fraction of sp³-hybridized carbons (Fsp3) is 0.682. The molecule has 7 nitrogen and oxygen atoms in total. The number of amides is 1. The molecule has 1 aromatic rings. The Kier molecular flexibility index (Phi) is 8.19. The van der Waals surface area contributed by atoms with Gasteiger partial charge in [-0.1, -0.05) is 6.07 Å². The predicted molar refractivity (Wildman–Crippen MR) is 112 cm³/mol. The van der Waals surface area contributed by atoms with Crippen LogP contribution >= 0.6 is 0 Å². The first kappa shape index (κ1) is 23.1. The lowest BCUT2D eigenvalue weighted by Crippen LogP contribution is -2.57. The number of hydrogen-bond donors (Lipinski definition) is 1. The first-order chi connectivity index (χ1) is 14.4. The zero-order chi connectivity index (χ0) is 21.6. The summed E-state index contributed by atoms with van der Waals surface area (Å²) in [7, 11) is 0. The van der Waals surface area contributed by atoms with Crippen LogP contribution in [0.15, 0.2) is 24.3 Å². The zero-order valence-electron chi connectivity index (χ0n) is 18.1. The molecule has 8 heteroatoms. The summed E-state index contributed by atoms with van der Waals surface area (Å²) in [5.74, 6) is -0.608. The highest BCUT2D eigenvalue weighted by Crippen LogP contribution is 2.19. The number of aliphatic hydroxyl groups excluding tert-OH is 1. The van der Waals surface area contributed by atoms with E-state index in [1.807, 2.05) is 13.8 Å². The second kappa shape index (κ2) is 10.6. The summed E-state index contributed by atoms with van der Waals surface area (Å²) in [4.78, 5) is 19.4. The minimum atomic E-state index is -0.418. The molecule has 0 aromatic heterocycles. The molecule has 0 aliphatic carbocycles. The molecule has 2 aliphatic rings. The van der Waals surface area contributed by atoms with E-state index in [2.05, 4.69) is 9.80 Å². The quantitative estimate of drug-likeness (QED) is 0.675. The minimum absolute atomic E-state index is 0.0582. The normalized spacial score (nSPS) is 21.5. The highest BCUT2D eigenvalue weighted by atomic mass is 19.1.